The molecule has 170 valence electrons. The monoisotopic (exact) mass is 451 g/mol. The first-order valence-corrected chi connectivity index (χ1v) is 11.6. The minimum Gasteiger partial charge on any atom is -0.374 e. The van der Waals surface area contributed by atoms with Gasteiger partial charge in [-0.05, 0) is 67.3 Å². The Kier molecular flexibility index (Phi) is 8.54. The summed E-state index contributed by atoms with van der Waals surface area (Å²) in [7, 11) is 2.10. The highest BCUT2D eigenvalue weighted by Gasteiger charge is 2.19. The first-order chi connectivity index (χ1) is 15.4. The molecule has 0 radical (unpaired) electrons. The van der Waals surface area contributed by atoms with Crippen LogP contribution in [0.4, 0.5) is 11.4 Å². The van der Waals surface area contributed by atoms with Crippen molar-refractivity contribution >= 4 is 35.3 Å². The normalized spacial score (nSPS) is 14.7. The van der Waals surface area contributed by atoms with Crippen molar-refractivity contribution in [3.63, 3.8) is 0 Å². The van der Waals surface area contributed by atoms with Crippen molar-refractivity contribution in [1.29, 1.82) is 0 Å². The summed E-state index contributed by atoms with van der Waals surface area (Å²) in [5.41, 5.74) is 7.07. The predicted octanol–water partition coefficient (Wildman–Crippen LogP) is 5.59. The molecule has 0 N–H and O–H groups in total. The molecule has 4 nitrogen and oxygen atoms in total. The van der Waals surface area contributed by atoms with Crippen molar-refractivity contribution in [2.45, 2.75) is 26.8 Å². The van der Waals surface area contributed by atoms with Crippen molar-refractivity contribution in [2.24, 2.45) is 0 Å². The second-order valence-electron chi connectivity index (χ2n) is 8.66. The lowest BCUT2D eigenvalue weighted by Crippen LogP contribution is -2.46. The van der Waals surface area contributed by atoms with Crippen LogP contribution in [-0.4, -0.2) is 51.0 Å². The van der Waals surface area contributed by atoms with Crippen molar-refractivity contribution in [2.75, 3.05) is 49.6 Å². The summed E-state index contributed by atoms with van der Waals surface area (Å²) in [6, 6.07) is 12.7. The van der Waals surface area contributed by atoms with Crippen LogP contribution >= 0.6 is 11.6 Å². The second kappa shape index (κ2) is 11.3. The number of rotatable bonds is 9. The number of hydrogen-bond donors (Lipinski definition) is 0. The third-order valence-corrected chi connectivity index (χ3v) is 6.50. The molecule has 0 unspecified atom stereocenters. The van der Waals surface area contributed by atoms with Crippen LogP contribution in [0.15, 0.2) is 54.6 Å². The van der Waals surface area contributed by atoms with E-state index in [1.54, 1.807) is 6.08 Å². The Morgan fingerprint density at radius 3 is 2.62 bits per heavy atom. The van der Waals surface area contributed by atoms with E-state index in [1.807, 2.05) is 18.2 Å². The van der Waals surface area contributed by atoms with Crippen molar-refractivity contribution in [3.8, 4) is 0 Å². The number of hydrogen-bond acceptors (Lipinski definition) is 4. The number of halogens is 1. The number of carbonyl (C=O) groups is 1. The lowest BCUT2D eigenvalue weighted by molar-refractivity contribution is -0.104. The predicted molar refractivity (Wildman–Crippen MR) is 138 cm³/mol. The zero-order valence-corrected chi connectivity index (χ0v) is 20.2. The van der Waals surface area contributed by atoms with Crippen LogP contribution < -0.4 is 9.80 Å². The second-order valence-corrected chi connectivity index (χ2v) is 9.07. The molecule has 3 rings (SSSR count). The zero-order chi connectivity index (χ0) is 23.1. The van der Waals surface area contributed by atoms with Crippen LogP contribution in [0.3, 0.4) is 0 Å². The number of benzene rings is 2. The van der Waals surface area contributed by atoms with Gasteiger partial charge in [-0.25, -0.2) is 0 Å². The highest BCUT2D eigenvalue weighted by Crippen LogP contribution is 2.28. The lowest BCUT2D eigenvalue weighted by atomic mass is 10.1. The van der Waals surface area contributed by atoms with Gasteiger partial charge in [-0.15, -0.1) is 6.58 Å². The fraction of sp³-hybridized carbons (Fsp3) is 0.370. The van der Waals surface area contributed by atoms with Gasteiger partial charge in [0.05, 0.1) is 0 Å². The number of piperazine rings is 1. The summed E-state index contributed by atoms with van der Waals surface area (Å²) in [5.74, 6) is 0. The van der Waals surface area contributed by atoms with Crippen LogP contribution in [0.1, 0.15) is 30.0 Å². The third kappa shape index (κ3) is 6.24. The Morgan fingerprint density at radius 1 is 1.19 bits per heavy atom. The van der Waals surface area contributed by atoms with E-state index in [9.17, 15) is 4.79 Å². The number of carbonyl (C=O) groups excluding carboxylic acids is 1. The summed E-state index contributed by atoms with van der Waals surface area (Å²) in [5, 5.41) is 0.831. The summed E-state index contributed by atoms with van der Waals surface area (Å²) in [6.45, 7) is 14.0. The molecule has 1 aliphatic rings. The molecule has 5 heteroatoms. The quantitative estimate of drug-likeness (QED) is 0.282. The standard InChI is InChI=1S/C27H34ClN3O/c1-21(2)12-13-29(4)27-19-23(10-11-24(27)7-6-18-32)20-30-14-16-31(17-15-30)26-9-5-8-25(28)22(26)3/h5-11,18-19H,1,12-17,20H2,2-4H3/b7-6-. The maximum absolute atomic E-state index is 10.8. The van der Waals surface area contributed by atoms with E-state index in [4.69, 9.17) is 11.6 Å². The summed E-state index contributed by atoms with van der Waals surface area (Å²) in [4.78, 5) is 18.0. The molecule has 1 aliphatic heterocycles. The summed E-state index contributed by atoms with van der Waals surface area (Å²) < 4.78 is 0. The van der Waals surface area contributed by atoms with Crippen LogP contribution in [0.2, 0.25) is 5.02 Å². The molecule has 0 saturated carbocycles. The molecule has 1 fully saturated rings. The van der Waals surface area contributed by atoms with Gasteiger partial charge in [0.25, 0.3) is 0 Å². The Morgan fingerprint density at radius 2 is 1.94 bits per heavy atom. The van der Waals surface area contributed by atoms with Crippen LogP contribution in [0.25, 0.3) is 6.08 Å². The van der Waals surface area contributed by atoms with Crippen molar-refractivity contribution in [1.82, 2.24) is 4.90 Å². The molecule has 0 spiro atoms. The average Bonchev–Trinajstić information content (AvgIpc) is 2.79. The van der Waals surface area contributed by atoms with E-state index < -0.39 is 0 Å². The number of aldehydes is 1. The fourth-order valence-electron chi connectivity index (χ4n) is 4.12. The molecule has 0 atom stereocenters. The molecular formula is C27H34ClN3O. The van der Waals surface area contributed by atoms with Crippen LogP contribution in [0.5, 0.6) is 0 Å². The van der Waals surface area contributed by atoms with E-state index in [1.165, 1.54) is 16.8 Å². The topological polar surface area (TPSA) is 26.8 Å². The van der Waals surface area contributed by atoms with Gasteiger partial charge in [0.15, 0.2) is 0 Å². The highest BCUT2D eigenvalue weighted by molar-refractivity contribution is 6.31. The molecule has 2 aromatic rings. The first kappa shape index (κ1) is 24.1. The van der Waals surface area contributed by atoms with Gasteiger partial charge in [-0.1, -0.05) is 35.4 Å². The van der Waals surface area contributed by atoms with Crippen molar-refractivity contribution < 1.29 is 4.79 Å². The number of anilines is 2. The Hall–Kier alpha value is -2.56. The van der Waals surface area contributed by atoms with E-state index in [0.717, 1.165) is 73.8 Å². The summed E-state index contributed by atoms with van der Waals surface area (Å²) >= 11 is 6.32. The van der Waals surface area contributed by atoms with Gasteiger partial charge in [0.1, 0.15) is 6.29 Å². The van der Waals surface area contributed by atoms with E-state index in [-0.39, 0.29) is 0 Å². The summed E-state index contributed by atoms with van der Waals surface area (Å²) in [6.07, 6.45) is 5.22. The molecule has 2 aromatic carbocycles. The minimum atomic E-state index is 0.826. The average molecular weight is 452 g/mol. The molecular weight excluding hydrogens is 418 g/mol. The Labute approximate surface area is 197 Å². The van der Waals surface area contributed by atoms with Gasteiger partial charge in [-0.2, -0.15) is 0 Å². The molecule has 0 aliphatic carbocycles. The third-order valence-electron chi connectivity index (χ3n) is 6.09. The fourth-order valence-corrected chi connectivity index (χ4v) is 4.29. The van der Waals surface area contributed by atoms with Crippen LogP contribution in [-0.2, 0) is 11.3 Å². The van der Waals surface area contributed by atoms with E-state index >= 15 is 0 Å². The smallest absolute Gasteiger partial charge is 0.142 e. The van der Waals surface area contributed by atoms with E-state index in [0.29, 0.717) is 0 Å². The zero-order valence-electron chi connectivity index (χ0n) is 19.5. The Balaban J connectivity index is 1.68. The van der Waals surface area contributed by atoms with Gasteiger partial charge in [0, 0.05) is 62.7 Å². The molecule has 1 heterocycles. The van der Waals surface area contributed by atoms with Gasteiger partial charge in [0.2, 0.25) is 0 Å². The molecule has 0 amide bonds. The van der Waals surface area contributed by atoms with Gasteiger partial charge in [-0.3, -0.25) is 9.69 Å². The lowest BCUT2D eigenvalue weighted by Gasteiger charge is -2.37. The molecule has 0 bridgehead atoms. The largest absolute Gasteiger partial charge is 0.374 e. The van der Waals surface area contributed by atoms with E-state index in [2.05, 4.69) is 66.4 Å². The van der Waals surface area contributed by atoms with Crippen LogP contribution in [0, 0.1) is 6.92 Å². The first-order valence-electron chi connectivity index (χ1n) is 11.2. The number of allylic oxidation sites excluding steroid dienone is 1. The number of nitrogens with zero attached hydrogens (tertiary/aromatic N) is 3. The Bertz CT molecular complexity index is 977. The van der Waals surface area contributed by atoms with Crippen molar-refractivity contribution in [3.05, 3.63) is 76.3 Å². The molecule has 0 aromatic heterocycles. The SMILES string of the molecule is C=C(C)CCN(C)c1cc(CN2CCN(c3cccc(Cl)c3C)CC2)ccc1/C=C\C=O. The molecule has 32 heavy (non-hydrogen) atoms. The van der Waals surface area contributed by atoms with Gasteiger partial charge < -0.3 is 9.80 Å². The maximum atomic E-state index is 10.8. The maximum Gasteiger partial charge on any atom is 0.142 e. The highest BCUT2D eigenvalue weighted by atomic mass is 35.5. The minimum absolute atomic E-state index is 0.826. The molecule has 1 saturated heterocycles. The van der Waals surface area contributed by atoms with Gasteiger partial charge >= 0.3 is 0 Å².